The van der Waals surface area contributed by atoms with E-state index in [0.717, 1.165) is 6.07 Å². The van der Waals surface area contributed by atoms with Gasteiger partial charge in [0.25, 0.3) is 0 Å². The molecule has 1 heterocycles. The minimum atomic E-state index is -4.73. The van der Waals surface area contributed by atoms with Crippen molar-refractivity contribution in [1.82, 2.24) is 9.97 Å². The van der Waals surface area contributed by atoms with Gasteiger partial charge in [0.2, 0.25) is 17.6 Å². The molecule has 0 aliphatic heterocycles. The third kappa shape index (κ3) is 3.59. The molecule has 110 valence electrons. The van der Waals surface area contributed by atoms with Gasteiger partial charge in [-0.15, -0.1) is 0 Å². The van der Waals surface area contributed by atoms with Gasteiger partial charge in [-0.25, -0.2) is 4.98 Å². The molecule has 21 heavy (non-hydrogen) atoms. The summed E-state index contributed by atoms with van der Waals surface area (Å²) in [6, 6.07) is 6.52. The number of benzene rings is 1. The Hall–Kier alpha value is -2.84. The molecule has 0 bridgehead atoms. The van der Waals surface area contributed by atoms with Crippen LogP contribution in [-0.2, 0) is 6.18 Å². The van der Waals surface area contributed by atoms with Gasteiger partial charge in [-0.3, -0.25) is 4.79 Å². The largest absolute Gasteiger partial charge is 0.451 e. The standard InChI is InChI=1S/C12H9F3N4O2/c13-12(14,15)11-18-8(16)5-9(19-11)21-7-3-1-6(2-4-7)10(17)20/h1-5H,(H2,17,20)(H2,16,18,19). The van der Waals surface area contributed by atoms with Crippen LogP contribution >= 0.6 is 0 Å². The van der Waals surface area contributed by atoms with E-state index in [1.54, 1.807) is 0 Å². The van der Waals surface area contributed by atoms with Gasteiger partial charge in [-0.2, -0.15) is 18.2 Å². The summed E-state index contributed by atoms with van der Waals surface area (Å²) in [7, 11) is 0. The number of ether oxygens (including phenoxy) is 1. The predicted molar refractivity (Wildman–Crippen MR) is 66.5 cm³/mol. The lowest BCUT2D eigenvalue weighted by molar-refractivity contribution is -0.145. The second kappa shape index (κ2) is 5.27. The number of amides is 1. The van der Waals surface area contributed by atoms with Crippen molar-refractivity contribution in [2.75, 3.05) is 5.73 Å². The van der Waals surface area contributed by atoms with Crippen molar-refractivity contribution in [2.45, 2.75) is 6.18 Å². The van der Waals surface area contributed by atoms with E-state index in [4.69, 9.17) is 16.2 Å². The molecule has 1 aromatic carbocycles. The smallest absolute Gasteiger partial charge is 0.439 e. The molecule has 2 aromatic rings. The summed E-state index contributed by atoms with van der Waals surface area (Å²) >= 11 is 0. The first-order valence-corrected chi connectivity index (χ1v) is 5.55. The van der Waals surface area contributed by atoms with Crippen molar-refractivity contribution in [3.8, 4) is 11.6 Å². The number of carbonyl (C=O) groups excluding carboxylic acids is 1. The van der Waals surface area contributed by atoms with Gasteiger partial charge in [0.15, 0.2) is 0 Å². The highest BCUT2D eigenvalue weighted by Gasteiger charge is 2.35. The van der Waals surface area contributed by atoms with Gasteiger partial charge in [-0.1, -0.05) is 0 Å². The molecule has 0 atom stereocenters. The average molecular weight is 298 g/mol. The first kappa shape index (κ1) is 14.6. The second-order valence-electron chi connectivity index (χ2n) is 3.94. The van der Waals surface area contributed by atoms with Crippen molar-refractivity contribution in [1.29, 1.82) is 0 Å². The van der Waals surface area contributed by atoms with Gasteiger partial charge in [0.05, 0.1) is 0 Å². The summed E-state index contributed by atoms with van der Waals surface area (Å²) in [6.07, 6.45) is -4.73. The van der Waals surface area contributed by atoms with Crippen LogP contribution in [0.25, 0.3) is 0 Å². The number of anilines is 1. The van der Waals surface area contributed by atoms with Crippen LogP contribution in [0, 0.1) is 0 Å². The number of nitrogen functional groups attached to an aromatic ring is 1. The zero-order valence-corrected chi connectivity index (χ0v) is 10.4. The SMILES string of the molecule is NC(=O)c1ccc(Oc2cc(N)nc(C(F)(F)F)n2)cc1. The third-order valence-electron chi connectivity index (χ3n) is 2.34. The highest BCUT2D eigenvalue weighted by Crippen LogP contribution is 2.29. The zero-order valence-electron chi connectivity index (χ0n) is 10.4. The molecule has 4 N–H and O–H groups in total. The number of carbonyl (C=O) groups is 1. The molecule has 0 aliphatic carbocycles. The summed E-state index contributed by atoms with van der Waals surface area (Å²) < 4.78 is 42.8. The number of nitrogens with two attached hydrogens (primary N) is 2. The van der Waals surface area contributed by atoms with Gasteiger partial charge in [0, 0.05) is 11.6 Å². The van der Waals surface area contributed by atoms with Crippen LogP contribution in [0.1, 0.15) is 16.2 Å². The Bertz CT molecular complexity index is 671. The van der Waals surface area contributed by atoms with E-state index in [9.17, 15) is 18.0 Å². The molecule has 0 saturated carbocycles. The number of hydrogen-bond acceptors (Lipinski definition) is 5. The van der Waals surface area contributed by atoms with Crippen LogP contribution in [0.2, 0.25) is 0 Å². The van der Waals surface area contributed by atoms with E-state index in [1.807, 2.05) is 0 Å². The summed E-state index contributed by atoms with van der Waals surface area (Å²) in [5.74, 6) is -2.59. The summed E-state index contributed by atoms with van der Waals surface area (Å²) in [4.78, 5) is 17.2. The number of alkyl halides is 3. The van der Waals surface area contributed by atoms with Crippen molar-refractivity contribution in [2.24, 2.45) is 5.73 Å². The van der Waals surface area contributed by atoms with E-state index >= 15 is 0 Å². The van der Waals surface area contributed by atoms with Gasteiger partial charge < -0.3 is 16.2 Å². The number of hydrogen-bond donors (Lipinski definition) is 2. The lowest BCUT2D eigenvalue weighted by Gasteiger charge is -2.09. The van der Waals surface area contributed by atoms with Crippen LogP contribution in [-0.4, -0.2) is 15.9 Å². The Labute approximate surface area is 116 Å². The highest BCUT2D eigenvalue weighted by atomic mass is 19.4. The molecule has 0 unspecified atom stereocenters. The third-order valence-corrected chi connectivity index (χ3v) is 2.34. The molecule has 6 nitrogen and oxygen atoms in total. The molecule has 0 saturated heterocycles. The normalized spacial score (nSPS) is 11.2. The minimum absolute atomic E-state index is 0.172. The molecule has 1 amide bonds. The molecular weight excluding hydrogens is 289 g/mol. The molecule has 1 aromatic heterocycles. The number of primary amides is 1. The Kier molecular flexibility index (Phi) is 3.66. The maximum atomic E-state index is 12.5. The monoisotopic (exact) mass is 298 g/mol. The molecule has 0 radical (unpaired) electrons. The maximum Gasteiger partial charge on any atom is 0.451 e. The van der Waals surface area contributed by atoms with Crippen molar-refractivity contribution >= 4 is 11.7 Å². The number of aromatic nitrogens is 2. The van der Waals surface area contributed by atoms with Crippen LogP contribution in [0.4, 0.5) is 19.0 Å². The van der Waals surface area contributed by atoms with E-state index in [0.29, 0.717) is 0 Å². The van der Waals surface area contributed by atoms with E-state index in [-0.39, 0.29) is 23.0 Å². The molecule has 9 heteroatoms. The zero-order chi connectivity index (χ0) is 15.6. The molecular formula is C12H9F3N4O2. The Morgan fingerprint density at radius 2 is 1.76 bits per heavy atom. The van der Waals surface area contributed by atoms with Crippen molar-refractivity contribution in [3.05, 3.63) is 41.7 Å². The fourth-order valence-electron chi connectivity index (χ4n) is 1.43. The Morgan fingerprint density at radius 1 is 1.14 bits per heavy atom. The van der Waals surface area contributed by atoms with Crippen LogP contribution in [0.5, 0.6) is 11.6 Å². The maximum absolute atomic E-state index is 12.5. The first-order chi connectivity index (χ1) is 9.75. The predicted octanol–water partition coefficient (Wildman–Crippen LogP) is 1.97. The molecule has 2 rings (SSSR count). The fourth-order valence-corrected chi connectivity index (χ4v) is 1.43. The quantitative estimate of drug-likeness (QED) is 0.901. The van der Waals surface area contributed by atoms with Crippen LogP contribution in [0.3, 0.4) is 0 Å². The highest BCUT2D eigenvalue weighted by molar-refractivity contribution is 5.92. The average Bonchev–Trinajstić information content (AvgIpc) is 2.37. The van der Waals surface area contributed by atoms with Gasteiger partial charge >= 0.3 is 6.18 Å². The summed E-state index contributed by atoms with van der Waals surface area (Å²) in [5.41, 5.74) is 10.6. The summed E-state index contributed by atoms with van der Waals surface area (Å²) in [5, 5.41) is 0. The van der Waals surface area contributed by atoms with E-state index < -0.39 is 17.9 Å². The number of rotatable bonds is 3. The van der Waals surface area contributed by atoms with Gasteiger partial charge in [0.1, 0.15) is 11.6 Å². The van der Waals surface area contributed by atoms with Gasteiger partial charge in [-0.05, 0) is 24.3 Å². The lowest BCUT2D eigenvalue weighted by Crippen LogP contribution is -2.13. The minimum Gasteiger partial charge on any atom is -0.439 e. The van der Waals surface area contributed by atoms with E-state index in [1.165, 1.54) is 24.3 Å². The number of nitrogens with zero attached hydrogens (tertiary/aromatic N) is 2. The van der Waals surface area contributed by atoms with Crippen molar-refractivity contribution < 1.29 is 22.7 Å². The van der Waals surface area contributed by atoms with E-state index in [2.05, 4.69) is 9.97 Å². The fraction of sp³-hybridized carbons (Fsp3) is 0.0833. The first-order valence-electron chi connectivity index (χ1n) is 5.55. The molecule has 0 fully saturated rings. The molecule has 0 spiro atoms. The van der Waals surface area contributed by atoms with Crippen molar-refractivity contribution in [3.63, 3.8) is 0 Å². The Morgan fingerprint density at radius 3 is 2.29 bits per heavy atom. The Balaban J connectivity index is 2.27. The topological polar surface area (TPSA) is 104 Å². The summed E-state index contributed by atoms with van der Waals surface area (Å²) in [6.45, 7) is 0. The molecule has 0 aliphatic rings. The second-order valence-corrected chi connectivity index (χ2v) is 3.94. The number of halogens is 3. The van der Waals surface area contributed by atoms with Crippen LogP contribution < -0.4 is 16.2 Å². The lowest BCUT2D eigenvalue weighted by atomic mass is 10.2. The van der Waals surface area contributed by atoms with Crippen LogP contribution in [0.15, 0.2) is 30.3 Å².